The van der Waals surface area contributed by atoms with Gasteiger partial charge in [-0.15, -0.1) is 6.58 Å². The van der Waals surface area contributed by atoms with Gasteiger partial charge in [-0.2, -0.15) is 5.10 Å². The number of hydrogen-bond acceptors (Lipinski definition) is 3. The van der Waals surface area contributed by atoms with Gasteiger partial charge in [-0.3, -0.25) is 4.79 Å². The Labute approximate surface area is 239 Å². The van der Waals surface area contributed by atoms with Crippen molar-refractivity contribution in [3.8, 4) is 5.88 Å². The zero-order valence-corrected chi connectivity index (χ0v) is 24.7. The largest absolute Gasteiger partial charge is 0.477 e. The molecule has 4 nitrogen and oxygen atoms in total. The third-order valence-corrected chi connectivity index (χ3v) is 6.92. The summed E-state index contributed by atoms with van der Waals surface area (Å²) in [5.74, 6) is 0.257. The molecule has 208 valence electrons. The van der Waals surface area contributed by atoms with Crippen molar-refractivity contribution in [3.63, 3.8) is 0 Å². The highest BCUT2D eigenvalue weighted by Crippen LogP contribution is 2.30. The van der Waals surface area contributed by atoms with E-state index in [1.807, 2.05) is 6.92 Å². The lowest BCUT2D eigenvalue weighted by Crippen LogP contribution is -2.10. The van der Waals surface area contributed by atoms with Crippen LogP contribution in [0, 0.1) is 6.92 Å². The molecule has 0 aliphatic rings. The molecule has 0 N–H and O–H groups in total. The number of unbranched alkanes of at least 4 members (excludes halogenated alkanes) is 9. The molecule has 0 fully saturated rings. The molecule has 0 bridgehead atoms. The highest BCUT2D eigenvalue weighted by Gasteiger charge is 2.25. The molecule has 0 saturated heterocycles. The van der Waals surface area contributed by atoms with E-state index in [1.54, 1.807) is 29.0 Å². The van der Waals surface area contributed by atoms with Gasteiger partial charge in [0.05, 0.1) is 23.9 Å². The number of benzene rings is 1. The van der Waals surface area contributed by atoms with E-state index in [9.17, 15) is 4.79 Å². The van der Waals surface area contributed by atoms with E-state index < -0.39 is 0 Å². The molecule has 2 aromatic rings. The second kappa shape index (κ2) is 18.9. The van der Waals surface area contributed by atoms with Crippen molar-refractivity contribution in [2.24, 2.45) is 0 Å². The quantitative estimate of drug-likeness (QED) is 0.0921. The van der Waals surface area contributed by atoms with Crippen LogP contribution in [-0.4, -0.2) is 22.2 Å². The molecule has 0 amide bonds. The molecule has 6 heteroatoms. The average Bonchev–Trinajstić information content (AvgIpc) is 3.20. The summed E-state index contributed by atoms with van der Waals surface area (Å²) in [5.41, 5.74) is 1.43. The predicted molar refractivity (Wildman–Crippen MR) is 162 cm³/mol. The first-order valence-corrected chi connectivity index (χ1v) is 14.9. The van der Waals surface area contributed by atoms with Crippen LogP contribution in [0.4, 0.5) is 0 Å². The van der Waals surface area contributed by atoms with Crippen molar-refractivity contribution in [1.29, 1.82) is 0 Å². The molecule has 38 heavy (non-hydrogen) atoms. The van der Waals surface area contributed by atoms with Gasteiger partial charge in [0.1, 0.15) is 5.56 Å². The molecular weight excluding hydrogens is 515 g/mol. The van der Waals surface area contributed by atoms with Gasteiger partial charge in [0, 0.05) is 10.6 Å². The number of aromatic nitrogens is 2. The van der Waals surface area contributed by atoms with Gasteiger partial charge >= 0.3 is 0 Å². The molecule has 0 unspecified atom stereocenters. The second-order valence-electron chi connectivity index (χ2n) is 9.62. The van der Waals surface area contributed by atoms with Crippen molar-refractivity contribution in [2.45, 2.75) is 97.4 Å². The van der Waals surface area contributed by atoms with E-state index >= 15 is 0 Å². The molecule has 0 atom stereocenters. The number of carbonyl (C=O) groups is 1. The number of allylic oxidation sites excluding steroid dienone is 5. The number of ketones is 1. The number of ether oxygens (including phenoxy) is 1. The Hall–Kier alpha value is -2.30. The molecule has 0 aliphatic heterocycles. The van der Waals surface area contributed by atoms with Gasteiger partial charge in [-0.25, -0.2) is 4.68 Å². The Morgan fingerprint density at radius 2 is 1.63 bits per heavy atom. The molecule has 0 aliphatic carbocycles. The fraction of sp³-hybridized carbons (Fsp3) is 0.500. The summed E-state index contributed by atoms with van der Waals surface area (Å²) in [4.78, 5) is 13.3. The standard InChI is InChI=1S/C32H44Cl2N2O2/c1-4-6-7-8-9-10-11-12-13-14-15-16-17-18-19-20-24-38-32-30(26(3)35-36(32)23-5-2)31(37)28-22-21-27(33)25-29(28)34/h5,9-10,12-13,21-22,25H,2,4,6-8,11,14-20,23-24H2,1,3H3/b10-9-,13-12-. The zero-order chi connectivity index (χ0) is 27.6. The van der Waals surface area contributed by atoms with Gasteiger partial charge in [0.15, 0.2) is 0 Å². The lowest BCUT2D eigenvalue weighted by atomic mass is 10.0. The van der Waals surface area contributed by atoms with Crippen LogP contribution in [0.25, 0.3) is 0 Å². The minimum atomic E-state index is -0.216. The first-order valence-electron chi connectivity index (χ1n) is 14.1. The van der Waals surface area contributed by atoms with Gasteiger partial charge in [-0.05, 0) is 63.6 Å². The maximum absolute atomic E-state index is 13.3. The Morgan fingerprint density at radius 1 is 0.974 bits per heavy atom. The first kappa shape index (κ1) is 31.9. The molecule has 1 aromatic heterocycles. The van der Waals surface area contributed by atoms with Gasteiger partial charge in [-0.1, -0.05) is 99.0 Å². The Kier molecular flexibility index (Phi) is 15.8. The van der Waals surface area contributed by atoms with Crippen molar-refractivity contribution >= 4 is 29.0 Å². The maximum atomic E-state index is 13.3. The van der Waals surface area contributed by atoms with Crippen LogP contribution >= 0.6 is 23.2 Å². The minimum absolute atomic E-state index is 0.216. The van der Waals surface area contributed by atoms with Crippen LogP contribution in [0.3, 0.4) is 0 Å². The van der Waals surface area contributed by atoms with Crippen LogP contribution in [0.1, 0.15) is 106 Å². The molecule has 1 heterocycles. The van der Waals surface area contributed by atoms with E-state index in [0.717, 1.165) is 25.7 Å². The van der Waals surface area contributed by atoms with Crippen molar-refractivity contribution < 1.29 is 9.53 Å². The lowest BCUT2D eigenvalue weighted by Gasteiger charge is -2.11. The number of aryl methyl sites for hydroxylation is 1. The minimum Gasteiger partial charge on any atom is -0.477 e. The number of hydrogen-bond donors (Lipinski definition) is 0. The van der Waals surface area contributed by atoms with E-state index in [1.165, 1.54) is 51.4 Å². The molecule has 0 spiro atoms. The van der Waals surface area contributed by atoms with Gasteiger partial charge in [0.2, 0.25) is 11.7 Å². The van der Waals surface area contributed by atoms with Crippen LogP contribution in [-0.2, 0) is 6.54 Å². The highest BCUT2D eigenvalue weighted by molar-refractivity contribution is 6.37. The molecule has 0 radical (unpaired) electrons. The molecule has 0 saturated carbocycles. The summed E-state index contributed by atoms with van der Waals surface area (Å²) in [6.45, 7) is 8.85. The third-order valence-electron chi connectivity index (χ3n) is 6.37. The van der Waals surface area contributed by atoms with E-state index in [2.05, 4.69) is 42.9 Å². The highest BCUT2D eigenvalue weighted by atomic mass is 35.5. The van der Waals surface area contributed by atoms with Gasteiger partial charge < -0.3 is 4.74 Å². The smallest absolute Gasteiger partial charge is 0.223 e. The second-order valence-corrected chi connectivity index (χ2v) is 10.5. The van der Waals surface area contributed by atoms with Crippen LogP contribution in [0.15, 0.2) is 55.2 Å². The van der Waals surface area contributed by atoms with Gasteiger partial charge in [0.25, 0.3) is 0 Å². The van der Waals surface area contributed by atoms with Crippen LogP contribution in [0.5, 0.6) is 5.88 Å². The summed E-state index contributed by atoms with van der Waals surface area (Å²) < 4.78 is 7.80. The van der Waals surface area contributed by atoms with Crippen LogP contribution in [0.2, 0.25) is 10.0 Å². The van der Waals surface area contributed by atoms with Crippen molar-refractivity contribution in [1.82, 2.24) is 9.78 Å². The lowest BCUT2D eigenvalue weighted by molar-refractivity contribution is 0.103. The third kappa shape index (κ3) is 11.2. The number of nitrogens with zero attached hydrogens (tertiary/aromatic N) is 2. The topological polar surface area (TPSA) is 44.1 Å². The van der Waals surface area contributed by atoms with E-state index in [4.69, 9.17) is 27.9 Å². The summed E-state index contributed by atoms with van der Waals surface area (Å²) in [5, 5.41) is 5.31. The summed E-state index contributed by atoms with van der Waals surface area (Å²) in [6.07, 6.45) is 25.2. The maximum Gasteiger partial charge on any atom is 0.223 e. The molecule has 2 rings (SSSR count). The monoisotopic (exact) mass is 558 g/mol. The number of carbonyl (C=O) groups excluding carboxylic acids is 1. The van der Waals surface area contributed by atoms with E-state index in [-0.39, 0.29) is 5.78 Å². The summed E-state index contributed by atoms with van der Waals surface area (Å²) in [7, 11) is 0. The fourth-order valence-corrected chi connectivity index (χ4v) is 4.78. The normalized spacial score (nSPS) is 11.6. The predicted octanol–water partition coefficient (Wildman–Crippen LogP) is 10.1. The SMILES string of the molecule is C=CCn1nc(C)c(C(=O)c2ccc(Cl)cc2Cl)c1OCCCCCCCC/C=C\C/C=C\CCCCC. The summed E-state index contributed by atoms with van der Waals surface area (Å²) >= 11 is 12.3. The van der Waals surface area contributed by atoms with Crippen LogP contribution < -0.4 is 4.74 Å². The zero-order valence-electron chi connectivity index (χ0n) is 23.2. The first-order chi connectivity index (χ1) is 18.5. The molecular formula is C32H44Cl2N2O2. The summed E-state index contributed by atoms with van der Waals surface area (Å²) in [6, 6.07) is 4.88. The Bertz CT molecular complexity index is 1060. The molecule has 1 aromatic carbocycles. The fourth-order valence-electron chi connectivity index (χ4n) is 4.28. The number of rotatable bonds is 20. The Morgan fingerprint density at radius 3 is 2.29 bits per heavy atom. The van der Waals surface area contributed by atoms with E-state index in [0.29, 0.717) is 45.9 Å². The average molecular weight is 560 g/mol. The number of halogens is 2. The van der Waals surface area contributed by atoms with Crippen molar-refractivity contribution in [3.05, 3.63) is 82.0 Å². The van der Waals surface area contributed by atoms with Crippen molar-refractivity contribution in [2.75, 3.05) is 6.61 Å². The Balaban J connectivity index is 1.71.